The molecule has 0 aliphatic carbocycles. The summed E-state index contributed by atoms with van der Waals surface area (Å²) in [5, 5.41) is 7.53. The van der Waals surface area contributed by atoms with E-state index in [-0.39, 0.29) is 5.82 Å². The highest BCUT2D eigenvalue weighted by molar-refractivity contribution is 7.84. The highest BCUT2D eigenvalue weighted by Crippen LogP contribution is 2.27. The lowest BCUT2D eigenvalue weighted by molar-refractivity contribution is 0.204. The molecule has 0 amide bonds. The number of allylic oxidation sites excluding steroid dienone is 2. The SMILES string of the molecule is COc1ccc2ncc(F)c(CCN3CCC(/C(S)=C/[C](=N)[Al])CC3)c2n1. The zero-order valence-corrected chi connectivity index (χ0v) is 17.3. The number of fused-ring (bicyclic) bond motifs is 1. The van der Waals surface area contributed by atoms with Gasteiger partial charge in [0.2, 0.25) is 22.2 Å². The van der Waals surface area contributed by atoms with Gasteiger partial charge in [0.05, 0.1) is 24.3 Å². The van der Waals surface area contributed by atoms with Gasteiger partial charge in [0.25, 0.3) is 0 Å². The summed E-state index contributed by atoms with van der Waals surface area (Å²) in [5.41, 5.74) is 1.84. The number of piperidine rings is 1. The van der Waals surface area contributed by atoms with Crippen molar-refractivity contribution in [1.29, 1.82) is 5.41 Å². The van der Waals surface area contributed by atoms with E-state index in [2.05, 4.69) is 43.8 Å². The quantitative estimate of drug-likeness (QED) is 0.445. The fraction of sp³-hybridized carbons (Fsp3) is 0.421. The first-order valence-corrected chi connectivity index (χ1v) is 9.95. The van der Waals surface area contributed by atoms with E-state index in [4.69, 9.17) is 10.1 Å². The smallest absolute Gasteiger partial charge is 0.213 e. The molecule has 2 radical (unpaired) electrons. The van der Waals surface area contributed by atoms with Crippen LogP contribution >= 0.6 is 12.6 Å². The van der Waals surface area contributed by atoms with Crippen molar-refractivity contribution in [2.24, 2.45) is 5.92 Å². The molecule has 1 saturated heterocycles. The van der Waals surface area contributed by atoms with Gasteiger partial charge in [0.1, 0.15) is 5.82 Å². The number of nitrogens with zero attached hydrogens (tertiary/aromatic N) is 3. The number of ether oxygens (including phenoxy) is 1. The average molecular weight is 400 g/mol. The molecule has 0 atom stereocenters. The number of pyridine rings is 2. The Morgan fingerprint density at radius 1 is 1.44 bits per heavy atom. The highest BCUT2D eigenvalue weighted by atomic mass is 32.1. The summed E-state index contributed by atoms with van der Waals surface area (Å²) in [6, 6.07) is 3.54. The summed E-state index contributed by atoms with van der Waals surface area (Å²) in [4.78, 5) is 11.8. The van der Waals surface area contributed by atoms with Gasteiger partial charge in [-0.05, 0) is 49.2 Å². The first-order chi connectivity index (χ1) is 13.0. The van der Waals surface area contributed by atoms with Crippen LogP contribution in [0.1, 0.15) is 18.4 Å². The van der Waals surface area contributed by atoms with E-state index in [1.165, 1.54) is 6.20 Å². The molecule has 8 heteroatoms. The lowest BCUT2D eigenvalue weighted by Crippen LogP contribution is -2.35. The van der Waals surface area contributed by atoms with Crippen LogP contribution in [0, 0.1) is 17.1 Å². The van der Waals surface area contributed by atoms with Gasteiger partial charge in [-0.2, -0.15) is 0 Å². The Morgan fingerprint density at radius 3 is 2.85 bits per heavy atom. The highest BCUT2D eigenvalue weighted by Gasteiger charge is 2.21. The van der Waals surface area contributed by atoms with Crippen molar-refractivity contribution in [1.82, 2.24) is 14.9 Å². The number of nitrogens with one attached hydrogen (secondary N) is 1. The van der Waals surface area contributed by atoms with E-state index in [0.29, 0.717) is 39.4 Å². The van der Waals surface area contributed by atoms with Crippen molar-refractivity contribution < 1.29 is 9.13 Å². The first-order valence-electron chi connectivity index (χ1n) is 8.93. The second-order valence-corrected chi connectivity index (χ2v) is 7.83. The van der Waals surface area contributed by atoms with Crippen molar-refractivity contribution >= 4 is 44.5 Å². The van der Waals surface area contributed by atoms with Crippen LogP contribution in [0.25, 0.3) is 11.0 Å². The first kappa shape index (κ1) is 20.3. The van der Waals surface area contributed by atoms with Gasteiger partial charge >= 0.3 is 0 Å². The van der Waals surface area contributed by atoms with Crippen LogP contribution in [0.5, 0.6) is 5.88 Å². The molecule has 0 spiro atoms. The van der Waals surface area contributed by atoms with Crippen LogP contribution in [0.3, 0.4) is 0 Å². The van der Waals surface area contributed by atoms with Crippen molar-refractivity contribution in [3.8, 4) is 5.88 Å². The number of halogens is 1. The Morgan fingerprint density at radius 2 is 2.19 bits per heavy atom. The van der Waals surface area contributed by atoms with Gasteiger partial charge in [-0.15, -0.1) is 12.6 Å². The molecule has 5 nitrogen and oxygen atoms in total. The van der Waals surface area contributed by atoms with Crippen molar-refractivity contribution in [2.45, 2.75) is 19.3 Å². The molecule has 27 heavy (non-hydrogen) atoms. The number of likely N-dealkylation sites (tertiary alicyclic amines) is 1. The summed E-state index contributed by atoms with van der Waals surface area (Å²) in [7, 11) is 1.55. The molecule has 3 rings (SSSR count). The zero-order chi connectivity index (χ0) is 19.4. The molecule has 0 saturated carbocycles. The third-order valence-corrected chi connectivity index (χ3v) is 5.60. The molecule has 2 aromatic rings. The van der Waals surface area contributed by atoms with Crippen LogP contribution in [-0.2, 0) is 6.42 Å². The largest absolute Gasteiger partial charge is 0.481 e. The molecule has 0 bridgehead atoms. The normalized spacial score (nSPS) is 16.6. The monoisotopic (exact) mass is 400 g/mol. The molecular weight excluding hydrogens is 378 g/mol. The van der Waals surface area contributed by atoms with Crippen molar-refractivity contribution in [3.05, 3.63) is 40.7 Å². The topological polar surface area (TPSA) is 62.1 Å². The summed E-state index contributed by atoms with van der Waals surface area (Å²) >= 11 is 6.91. The maximum atomic E-state index is 14.4. The Kier molecular flexibility index (Phi) is 6.88. The van der Waals surface area contributed by atoms with Gasteiger partial charge < -0.3 is 15.0 Å². The Balaban J connectivity index is 1.66. The lowest BCUT2D eigenvalue weighted by atomic mass is 9.95. The maximum Gasteiger partial charge on any atom is 0.213 e. The van der Waals surface area contributed by atoms with E-state index in [1.54, 1.807) is 25.3 Å². The third kappa shape index (κ3) is 5.08. The molecule has 0 unspecified atom stereocenters. The van der Waals surface area contributed by atoms with Crippen LogP contribution in [-0.4, -0.2) is 62.5 Å². The Hall–Kier alpha value is -1.46. The number of rotatable bonds is 6. The zero-order valence-electron chi connectivity index (χ0n) is 15.3. The minimum atomic E-state index is -0.322. The number of hydrogen-bond donors (Lipinski definition) is 2. The van der Waals surface area contributed by atoms with E-state index in [1.807, 2.05) is 0 Å². The molecule has 3 heterocycles. The Labute approximate surface area is 172 Å². The van der Waals surface area contributed by atoms with Gasteiger partial charge in [-0.25, -0.2) is 9.37 Å². The number of methoxy groups -OCH3 is 1. The van der Waals surface area contributed by atoms with Gasteiger partial charge in [0, 0.05) is 18.2 Å². The minimum Gasteiger partial charge on any atom is -0.481 e. The summed E-state index contributed by atoms with van der Waals surface area (Å²) in [6.45, 7) is 2.65. The standard InChI is InChI=1S/C19H22FN4OS.Al/c1-25-18-3-2-16-19(23-18)14(15(20)12-22-16)7-11-24-9-5-13(6-10-24)17(26)4-8-21;/h2-4,12-13,21,26H,5-7,9-11H2,1H3;/b17-4-,21-8?;. The third-order valence-electron chi connectivity index (χ3n) is 4.94. The summed E-state index contributed by atoms with van der Waals surface area (Å²) in [6.07, 6.45) is 5.65. The molecule has 1 aliphatic rings. The van der Waals surface area contributed by atoms with Crippen LogP contribution in [0.15, 0.2) is 29.3 Å². The van der Waals surface area contributed by atoms with E-state index in [0.717, 1.165) is 37.4 Å². The second-order valence-electron chi connectivity index (χ2n) is 6.70. The fourth-order valence-electron chi connectivity index (χ4n) is 3.43. The predicted octanol–water partition coefficient (Wildman–Crippen LogP) is 2.99. The van der Waals surface area contributed by atoms with Crippen molar-refractivity contribution in [2.75, 3.05) is 26.7 Å². The Bertz CT molecular complexity index is 868. The van der Waals surface area contributed by atoms with Gasteiger partial charge in [0.15, 0.2) is 0 Å². The van der Waals surface area contributed by atoms with Crippen LogP contribution < -0.4 is 4.74 Å². The fourth-order valence-corrected chi connectivity index (χ4v) is 4.15. The lowest BCUT2D eigenvalue weighted by Gasteiger charge is -2.32. The predicted molar refractivity (Wildman–Crippen MR) is 109 cm³/mol. The molecule has 1 N–H and O–H groups in total. The number of thiol groups is 1. The van der Waals surface area contributed by atoms with E-state index >= 15 is 0 Å². The second kappa shape index (κ2) is 9.16. The van der Waals surface area contributed by atoms with E-state index in [9.17, 15) is 4.39 Å². The number of aromatic nitrogens is 2. The summed E-state index contributed by atoms with van der Waals surface area (Å²) < 4.78 is 20.0. The minimum absolute atomic E-state index is 0.322. The molecule has 1 fully saturated rings. The molecular formula is C19H22AlFN4OS. The number of hydrogen-bond acceptors (Lipinski definition) is 6. The van der Waals surface area contributed by atoms with Gasteiger partial charge in [-0.1, -0.05) is 10.6 Å². The van der Waals surface area contributed by atoms with E-state index < -0.39 is 0 Å². The maximum absolute atomic E-state index is 14.4. The van der Waals surface area contributed by atoms with Crippen molar-refractivity contribution in [3.63, 3.8) is 0 Å². The summed E-state index contributed by atoms with van der Waals surface area (Å²) in [5.74, 6) is 0.539. The van der Waals surface area contributed by atoms with Gasteiger partial charge in [-0.3, -0.25) is 4.98 Å². The molecule has 1 aliphatic heterocycles. The molecule has 140 valence electrons. The van der Waals surface area contributed by atoms with Crippen LogP contribution in [0.2, 0.25) is 0 Å². The molecule has 2 aromatic heterocycles. The average Bonchev–Trinajstić information content (AvgIpc) is 2.66. The molecule has 0 aromatic carbocycles. The van der Waals surface area contributed by atoms with Crippen LogP contribution in [0.4, 0.5) is 4.39 Å².